The van der Waals surface area contributed by atoms with E-state index in [1.54, 1.807) is 18.5 Å². The molecule has 0 aliphatic heterocycles. The van der Waals surface area contributed by atoms with Gasteiger partial charge in [0.2, 0.25) is 0 Å². The second kappa shape index (κ2) is 5.77. The monoisotopic (exact) mass is 243 g/mol. The van der Waals surface area contributed by atoms with Gasteiger partial charge in [-0.1, -0.05) is 6.07 Å². The summed E-state index contributed by atoms with van der Waals surface area (Å²) in [6.07, 6.45) is 4.36. The van der Waals surface area contributed by atoms with E-state index in [1.807, 2.05) is 18.2 Å². The smallest absolute Gasteiger partial charge is 0.271 e. The molecule has 2 aromatic rings. The highest BCUT2D eigenvalue weighted by Crippen LogP contribution is 2.16. The van der Waals surface area contributed by atoms with E-state index in [0.29, 0.717) is 0 Å². The van der Waals surface area contributed by atoms with Crippen molar-refractivity contribution in [3.63, 3.8) is 0 Å². The minimum absolute atomic E-state index is 0.101. The number of nitro benzene ring substituents is 1. The van der Waals surface area contributed by atoms with Gasteiger partial charge in [0.05, 0.1) is 4.92 Å². The number of aromatic nitrogens is 1. The standard InChI is InChI=1S/C13H13N3O2/c17-16(18)13-3-1-2-12(10-13)15-9-6-11-4-7-14-8-5-11/h1-5,7-8,10,15H,6,9H2. The fourth-order valence-electron chi connectivity index (χ4n) is 1.63. The van der Waals surface area contributed by atoms with Gasteiger partial charge in [-0.05, 0) is 30.2 Å². The first-order chi connectivity index (χ1) is 8.75. The van der Waals surface area contributed by atoms with Gasteiger partial charge in [0, 0.05) is 36.8 Å². The van der Waals surface area contributed by atoms with Crippen molar-refractivity contribution in [1.29, 1.82) is 0 Å². The largest absolute Gasteiger partial charge is 0.385 e. The van der Waals surface area contributed by atoms with Crippen LogP contribution in [0.5, 0.6) is 0 Å². The molecule has 0 radical (unpaired) electrons. The Labute approximate surface area is 105 Å². The van der Waals surface area contributed by atoms with E-state index in [4.69, 9.17) is 0 Å². The molecule has 1 N–H and O–H groups in total. The molecule has 18 heavy (non-hydrogen) atoms. The number of benzene rings is 1. The topological polar surface area (TPSA) is 68.1 Å². The van der Waals surface area contributed by atoms with Crippen molar-refractivity contribution in [3.8, 4) is 0 Å². The zero-order valence-electron chi connectivity index (χ0n) is 9.74. The Balaban J connectivity index is 1.90. The Morgan fingerprint density at radius 1 is 1.22 bits per heavy atom. The van der Waals surface area contributed by atoms with Crippen LogP contribution in [-0.2, 0) is 6.42 Å². The van der Waals surface area contributed by atoms with Crippen LogP contribution in [0.2, 0.25) is 0 Å². The SMILES string of the molecule is O=[N+]([O-])c1cccc(NCCc2ccncc2)c1. The van der Waals surface area contributed by atoms with Crippen LogP contribution in [0.3, 0.4) is 0 Å². The highest BCUT2D eigenvalue weighted by Gasteiger charge is 2.04. The summed E-state index contributed by atoms with van der Waals surface area (Å²) < 4.78 is 0. The van der Waals surface area contributed by atoms with Crippen LogP contribution in [0.4, 0.5) is 11.4 Å². The van der Waals surface area contributed by atoms with Crippen LogP contribution >= 0.6 is 0 Å². The van der Waals surface area contributed by atoms with E-state index in [9.17, 15) is 10.1 Å². The Bertz CT molecular complexity index is 529. The lowest BCUT2D eigenvalue weighted by atomic mass is 10.2. The van der Waals surface area contributed by atoms with E-state index in [0.717, 1.165) is 18.7 Å². The van der Waals surface area contributed by atoms with Crippen molar-refractivity contribution < 1.29 is 4.92 Å². The molecule has 0 aliphatic carbocycles. The minimum Gasteiger partial charge on any atom is -0.385 e. The number of hydrogen-bond acceptors (Lipinski definition) is 4. The van der Waals surface area contributed by atoms with Crippen LogP contribution in [-0.4, -0.2) is 16.5 Å². The molecule has 0 unspecified atom stereocenters. The molecule has 1 heterocycles. The number of hydrogen-bond donors (Lipinski definition) is 1. The Hall–Kier alpha value is -2.43. The molecule has 2 rings (SSSR count). The molecular weight excluding hydrogens is 230 g/mol. The second-order valence-corrected chi connectivity index (χ2v) is 3.84. The van der Waals surface area contributed by atoms with E-state index in [-0.39, 0.29) is 5.69 Å². The maximum Gasteiger partial charge on any atom is 0.271 e. The average Bonchev–Trinajstić information content (AvgIpc) is 2.40. The van der Waals surface area contributed by atoms with Crippen LogP contribution in [0.25, 0.3) is 0 Å². The summed E-state index contributed by atoms with van der Waals surface area (Å²) in [5.74, 6) is 0. The Kier molecular flexibility index (Phi) is 3.86. The van der Waals surface area contributed by atoms with E-state index in [1.165, 1.54) is 17.7 Å². The van der Waals surface area contributed by atoms with Crippen molar-refractivity contribution >= 4 is 11.4 Å². The number of rotatable bonds is 5. The lowest BCUT2D eigenvalue weighted by molar-refractivity contribution is -0.384. The highest BCUT2D eigenvalue weighted by molar-refractivity contribution is 5.50. The van der Waals surface area contributed by atoms with Gasteiger partial charge in [-0.15, -0.1) is 0 Å². The Morgan fingerprint density at radius 2 is 2.00 bits per heavy atom. The van der Waals surface area contributed by atoms with Crippen LogP contribution in [0.1, 0.15) is 5.56 Å². The molecule has 0 saturated heterocycles. The first-order valence-corrected chi connectivity index (χ1v) is 5.63. The first kappa shape index (κ1) is 12.0. The molecule has 0 bridgehead atoms. The number of non-ortho nitro benzene ring substituents is 1. The lowest BCUT2D eigenvalue weighted by Gasteiger charge is -2.05. The van der Waals surface area contributed by atoms with Gasteiger partial charge >= 0.3 is 0 Å². The van der Waals surface area contributed by atoms with Crippen molar-refractivity contribution in [3.05, 3.63) is 64.5 Å². The van der Waals surface area contributed by atoms with E-state index >= 15 is 0 Å². The lowest BCUT2D eigenvalue weighted by Crippen LogP contribution is -2.05. The van der Waals surface area contributed by atoms with Gasteiger partial charge in [-0.2, -0.15) is 0 Å². The van der Waals surface area contributed by atoms with Crippen LogP contribution in [0.15, 0.2) is 48.8 Å². The number of nitro groups is 1. The molecule has 92 valence electrons. The van der Waals surface area contributed by atoms with Crippen LogP contribution in [0, 0.1) is 10.1 Å². The fraction of sp³-hybridized carbons (Fsp3) is 0.154. The van der Waals surface area contributed by atoms with Crippen molar-refractivity contribution in [2.75, 3.05) is 11.9 Å². The summed E-state index contributed by atoms with van der Waals surface area (Å²) in [6.45, 7) is 0.727. The van der Waals surface area contributed by atoms with E-state index in [2.05, 4.69) is 10.3 Å². The molecule has 0 atom stereocenters. The average molecular weight is 243 g/mol. The third-order valence-corrected chi connectivity index (χ3v) is 2.55. The number of pyridine rings is 1. The molecule has 0 fully saturated rings. The summed E-state index contributed by atoms with van der Waals surface area (Å²) in [7, 11) is 0. The minimum atomic E-state index is -0.395. The first-order valence-electron chi connectivity index (χ1n) is 5.63. The molecule has 0 saturated carbocycles. The molecule has 5 nitrogen and oxygen atoms in total. The van der Waals surface area contributed by atoms with Gasteiger partial charge in [0.25, 0.3) is 5.69 Å². The molecule has 5 heteroatoms. The summed E-state index contributed by atoms with van der Waals surface area (Å²) in [6, 6.07) is 10.4. The van der Waals surface area contributed by atoms with E-state index < -0.39 is 4.92 Å². The summed E-state index contributed by atoms with van der Waals surface area (Å²) in [4.78, 5) is 14.2. The van der Waals surface area contributed by atoms with Crippen molar-refractivity contribution in [2.24, 2.45) is 0 Å². The third-order valence-electron chi connectivity index (χ3n) is 2.55. The number of nitrogens with one attached hydrogen (secondary N) is 1. The normalized spacial score (nSPS) is 10.0. The predicted octanol–water partition coefficient (Wildman–Crippen LogP) is 2.64. The molecule has 1 aromatic heterocycles. The molecule has 0 spiro atoms. The van der Waals surface area contributed by atoms with Gasteiger partial charge < -0.3 is 5.32 Å². The predicted molar refractivity (Wildman–Crippen MR) is 69.5 cm³/mol. The zero-order chi connectivity index (χ0) is 12.8. The quantitative estimate of drug-likeness (QED) is 0.647. The second-order valence-electron chi connectivity index (χ2n) is 3.84. The van der Waals surface area contributed by atoms with Gasteiger partial charge in [0.15, 0.2) is 0 Å². The van der Waals surface area contributed by atoms with Crippen molar-refractivity contribution in [1.82, 2.24) is 4.98 Å². The summed E-state index contributed by atoms with van der Waals surface area (Å²) in [5.41, 5.74) is 2.05. The van der Waals surface area contributed by atoms with Gasteiger partial charge in [-0.25, -0.2) is 0 Å². The molecular formula is C13H13N3O2. The molecule has 0 aliphatic rings. The molecule has 1 aromatic carbocycles. The zero-order valence-corrected chi connectivity index (χ0v) is 9.74. The summed E-state index contributed by atoms with van der Waals surface area (Å²) >= 11 is 0. The highest BCUT2D eigenvalue weighted by atomic mass is 16.6. The maximum absolute atomic E-state index is 10.6. The Morgan fingerprint density at radius 3 is 2.72 bits per heavy atom. The van der Waals surface area contributed by atoms with Gasteiger partial charge in [-0.3, -0.25) is 15.1 Å². The fourth-order valence-corrected chi connectivity index (χ4v) is 1.63. The third kappa shape index (κ3) is 3.28. The maximum atomic E-state index is 10.6. The molecule has 0 amide bonds. The van der Waals surface area contributed by atoms with Gasteiger partial charge in [0.1, 0.15) is 0 Å². The number of nitrogens with zero attached hydrogens (tertiary/aromatic N) is 2. The summed E-state index contributed by atoms with van der Waals surface area (Å²) in [5, 5.41) is 13.8. The van der Waals surface area contributed by atoms with Crippen LogP contribution < -0.4 is 5.32 Å². The number of anilines is 1. The van der Waals surface area contributed by atoms with Crippen molar-refractivity contribution in [2.45, 2.75) is 6.42 Å².